The van der Waals surface area contributed by atoms with E-state index in [4.69, 9.17) is 4.74 Å². The summed E-state index contributed by atoms with van der Waals surface area (Å²) in [6, 6.07) is 15.0. The molecular weight excluding hydrogens is 282 g/mol. The lowest BCUT2D eigenvalue weighted by Gasteiger charge is -2.03. The van der Waals surface area contributed by atoms with Gasteiger partial charge >= 0.3 is 11.7 Å². The number of hydrogen-bond donors (Lipinski definition) is 0. The Morgan fingerprint density at radius 2 is 1.68 bits per heavy atom. The summed E-state index contributed by atoms with van der Waals surface area (Å²) in [4.78, 5) is 22.3. The molecule has 0 bridgehead atoms. The molecule has 0 aromatic heterocycles. The molecule has 5 heteroatoms. The third kappa shape index (κ3) is 3.89. The first-order chi connectivity index (χ1) is 10.6. The molecule has 0 heterocycles. The molecule has 0 N–H and O–H groups in total. The topological polar surface area (TPSA) is 69.4 Å². The number of rotatable bonds is 5. The highest BCUT2D eigenvalue weighted by Crippen LogP contribution is 2.16. The van der Waals surface area contributed by atoms with Gasteiger partial charge in [0.2, 0.25) is 0 Å². The van der Waals surface area contributed by atoms with E-state index >= 15 is 0 Å². The van der Waals surface area contributed by atoms with Crippen LogP contribution in [-0.2, 0) is 4.79 Å². The molecule has 0 atom stereocenters. The summed E-state index contributed by atoms with van der Waals surface area (Å²) >= 11 is 0. The molecule has 110 valence electrons. The second-order valence-corrected chi connectivity index (χ2v) is 4.36. The molecule has 2 aromatic rings. The minimum atomic E-state index is -1.01. The van der Waals surface area contributed by atoms with Crippen molar-refractivity contribution in [2.75, 3.05) is 0 Å². The first kappa shape index (κ1) is 15.2. The van der Waals surface area contributed by atoms with Crippen LogP contribution in [0.4, 0.5) is 0 Å². The van der Waals surface area contributed by atoms with Crippen LogP contribution in [0.2, 0.25) is 0 Å². The summed E-state index contributed by atoms with van der Waals surface area (Å²) in [5.41, 5.74) is 0.779. The predicted molar refractivity (Wildman–Crippen MR) is 83.6 cm³/mol. The number of hydrogen-bond acceptors (Lipinski definition) is 4. The van der Waals surface area contributed by atoms with E-state index in [1.54, 1.807) is 60.7 Å². The van der Waals surface area contributed by atoms with Crippen molar-refractivity contribution in [3.8, 4) is 5.75 Å². The number of benzene rings is 2. The minimum absolute atomic E-state index is 0.233. The Labute approximate surface area is 127 Å². The van der Waals surface area contributed by atoms with Crippen molar-refractivity contribution in [2.45, 2.75) is 0 Å². The molecule has 22 heavy (non-hydrogen) atoms. The van der Waals surface area contributed by atoms with Crippen LogP contribution < -0.4 is 4.74 Å². The van der Waals surface area contributed by atoms with Gasteiger partial charge in [-0.15, -0.1) is 0 Å². The Bertz CT molecular complexity index is 718. The lowest BCUT2D eigenvalue weighted by molar-refractivity contribution is -0.419. The average Bonchev–Trinajstić information content (AvgIpc) is 2.54. The van der Waals surface area contributed by atoms with Crippen molar-refractivity contribution in [2.24, 2.45) is 0 Å². The zero-order chi connectivity index (χ0) is 15.9. The van der Waals surface area contributed by atoms with E-state index in [9.17, 15) is 14.9 Å². The number of carbonyl (C=O) groups excluding carboxylic acids is 1. The highest BCUT2D eigenvalue weighted by atomic mass is 16.6. The largest absolute Gasteiger partial charge is 0.418 e. The standard InChI is InChI=1S/C17H13NO4/c1-2-13-8-10-15(11-9-13)22-17(19)16(18(20)21)12-14-6-4-3-5-7-14/h2-12H,1H2. The van der Waals surface area contributed by atoms with Gasteiger partial charge in [-0.2, -0.15) is 0 Å². The van der Waals surface area contributed by atoms with Gasteiger partial charge in [0.15, 0.2) is 0 Å². The van der Waals surface area contributed by atoms with Gasteiger partial charge in [0.25, 0.3) is 0 Å². The first-order valence-corrected chi connectivity index (χ1v) is 6.46. The van der Waals surface area contributed by atoms with Crippen LogP contribution in [0.1, 0.15) is 11.1 Å². The van der Waals surface area contributed by atoms with Crippen molar-refractivity contribution >= 4 is 18.1 Å². The maximum Gasteiger partial charge on any atom is 0.415 e. The van der Waals surface area contributed by atoms with E-state index in [1.165, 1.54) is 6.08 Å². The quantitative estimate of drug-likeness (QED) is 0.278. The molecule has 2 aromatic carbocycles. The summed E-state index contributed by atoms with van der Waals surface area (Å²) in [5, 5.41) is 11.1. The van der Waals surface area contributed by atoms with E-state index in [0.29, 0.717) is 5.56 Å². The average molecular weight is 295 g/mol. The second kappa shape index (κ2) is 6.99. The molecule has 0 amide bonds. The zero-order valence-corrected chi connectivity index (χ0v) is 11.6. The van der Waals surface area contributed by atoms with Crippen molar-refractivity contribution in [1.29, 1.82) is 0 Å². The molecule has 0 aliphatic heterocycles. The number of nitro groups is 1. The van der Waals surface area contributed by atoms with Crippen LogP contribution in [0.3, 0.4) is 0 Å². The SMILES string of the molecule is C=Cc1ccc(OC(=O)C(=Cc2ccccc2)[N+](=O)[O-])cc1. The molecule has 0 saturated heterocycles. The number of carbonyl (C=O) groups is 1. The highest BCUT2D eigenvalue weighted by Gasteiger charge is 2.24. The minimum Gasteiger partial charge on any atom is -0.418 e. The van der Waals surface area contributed by atoms with Gasteiger partial charge in [0, 0.05) is 6.08 Å². The molecule has 0 saturated carbocycles. The Morgan fingerprint density at radius 1 is 1.05 bits per heavy atom. The zero-order valence-electron chi connectivity index (χ0n) is 11.6. The highest BCUT2D eigenvalue weighted by molar-refractivity contribution is 5.92. The van der Waals surface area contributed by atoms with Crippen LogP contribution in [-0.4, -0.2) is 10.9 Å². The summed E-state index contributed by atoms with van der Waals surface area (Å²) < 4.78 is 5.03. The summed E-state index contributed by atoms with van der Waals surface area (Å²) in [6.45, 7) is 3.61. The van der Waals surface area contributed by atoms with Crippen LogP contribution in [0.25, 0.3) is 12.2 Å². The Balaban J connectivity index is 2.21. The smallest absolute Gasteiger partial charge is 0.415 e. The van der Waals surface area contributed by atoms with Gasteiger partial charge in [-0.1, -0.05) is 55.1 Å². The fourth-order valence-electron chi connectivity index (χ4n) is 1.72. The maximum atomic E-state index is 12.0. The fraction of sp³-hybridized carbons (Fsp3) is 0. The monoisotopic (exact) mass is 295 g/mol. The predicted octanol–water partition coefficient (Wildman–Crippen LogP) is 3.55. The molecule has 0 aliphatic rings. The number of nitrogens with zero attached hydrogens (tertiary/aromatic N) is 1. The summed E-state index contributed by atoms with van der Waals surface area (Å²) in [7, 11) is 0. The molecule has 0 fully saturated rings. The van der Waals surface area contributed by atoms with Crippen LogP contribution in [0, 0.1) is 10.1 Å². The van der Waals surface area contributed by atoms with Gasteiger partial charge in [0.1, 0.15) is 5.75 Å². The third-order valence-corrected chi connectivity index (χ3v) is 2.84. The maximum absolute atomic E-state index is 12.0. The Hall–Kier alpha value is -3.21. The van der Waals surface area contributed by atoms with Gasteiger partial charge in [-0.3, -0.25) is 10.1 Å². The van der Waals surface area contributed by atoms with Gasteiger partial charge in [0.05, 0.1) is 4.92 Å². The number of esters is 1. The number of ether oxygens (including phenoxy) is 1. The molecular formula is C17H13NO4. The summed E-state index contributed by atoms with van der Waals surface area (Å²) in [5.74, 6) is -0.781. The van der Waals surface area contributed by atoms with Crippen molar-refractivity contribution in [1.82, 2.24) is 0 Å². The van der Waals surface area contributed by atoms with E-state index in [-0.39, 0.29) is 5.75 Å². The molecule has 0 radical (unpaired) electrons. The first-order valence-electron chi connectivity index (χ1n) is 6.46. The van der Waals surface area contributed by atoms with Gasteiger partial charge in [-0.25, -0.2) is 4.79 Å². The molecule has 0 spiro atoms. The normalized spacial score (nSPS) is 10.8. The lowest BCUT2D eigenvalue weighted by Crippen LogP contribution is -2.17. The van der Waals surface area contributed by atoms with E-state index in [1.807, 2.05) is 0 Å². The third-order valence-electron chi connectivity index (χ3n) is 2.84. The molecule has 5 nitrogen and oxygen atoms in total. The van der Waals surface area contributed by atoms with Crippen LogP contribution in [0.15, 0.2) is 66.9 Å². The fourth-order valence-corrected chi connectivity index (χ4v) is 1.72. The molecule has 2 rings (SSSR count). The summed E-state index contributed by atoms with van der Waals surface area (Å²) in [6.07, 6.45) is 2.82. The van der Waals surface area contributed by atoms with Crippen LogP contribution >= 0.6 is 0 Å². The Kier molecular flexibility index (Phi) is 4.82. The van der Waals surface area contributed by atoms with E-state index in [0.717, 1.165) is 5.56 Å². The second-order valence-electron chi connectivity index (χ2n) is 4.36. The molecule has 0 unspecified atom stereocenters. The van der Waals surface area contributed by atoms with E-state index < -0.39 is 16.6 Å². The van der Waals surface area contributed by atoms with Crippen molar-refractivity contribution in [3.63, 3.8) is 0 Å². The van der Waals surface area contributed by atoms with Crippen molar-refractivity contribution in [3.05, 3.63) is 88.1 Å². The molecule has 0 aliphatic carbocycles. The Morgan fingerprint density at radius 3 is 2.23 bits per heavy atom. The van der Waals surface area contributed by atoms with Crippen molar-refractivity contribution < 1.29 is 14.5 Å². The van der Waals surface area contributed by atoms with E-state index in [2.05, 4.69) is 6.58 Å². The van der Waals surface area contributed by atoms with Crippen LogP contribution in [0.5, 0.6) is 5.75 Å². The lowest BCUT2D eigenvalue weighted by atomic mass is 10.2. The van der Waals surface area contributed by atoms with Gasteiger partial charge < -0.3 is 4.74 Å². The van der Waals surface area contributed by atoms with Gasteiger partial charge in [-0.05, 0) is 23.3 Å².